The van der Waals surface area contributed by atoms with Crippen molar-refractivity contribution in [1.82, 2.24) is 0 Å². The van der Waals surface area contributed by atoms with Crippen molar-refractivity contribution in [3.63, 3.8) is 0 Å². The van der Waals surface area contributed by atoms with Gasteiger partial charge in [0.1, 0.15) is 23.0 Å². The maximum Gasteiger partial charge on any atom is 0.637 e. The standard InChI is InChI=1S/C34H39BO7.C32H68N/c1-37-29-13-5-25(6-14-29)21-33(22-26-7-15-30(38-2)16-8-26)41-35(36)42-34(23-27-9-17-31(39-3)18-10-27)24-28-11-19-32(40-4)20-12-28;1-5-9-13-17-21-25-29-33(30-26-22-18-14-10-6-2,31-27-23-19-15-11-7-3)32-28-24-20-16-12-8-4/h5-20,33-34,36H,21-24H2,1-4H3;5-32H2,1-4H3/q;+1. The quantitative estimate of drug-likeness (QED) is 0.0269. The summed E-state index contributed by atoms with van der Waals surface area (Å²) in [7, 11) is 5.16. The molecule has 420 valence electrons. The fourth-order valence-electron chi connectivity index (χ4n) is 10.4. The fraction of sp³-hybridized carbons (Fsp3) is 0.636. The number of benzene rings is 4. The number of unbranched alkanes of at least 4 members (excludes halogenated alkanes) is 20. The second kappa shape index (κ2) is 42.1. The van der Waals surface area contributed by atoms with Gasteiger partial charge in [-0.3, -0.25) is 0 Å². The number of methoxy groups -OCH3 is 4. The molecule has 1 N–H and O–H groups in total. The Hall–Kier alpha value is -4.02. The summed E-state index contributed by atoms with van der Waals surface area (Å²) in [5, 5.41) is 11.1. The summed E-state index contributed by atoms with van der Waals surface area (Å²) in [6, 6.07) is 31.4. The number of rotatable bonds is 44. The first-order valence-corrected chi connectivity index (χ1v) is 30.1. The van der Waals surface area contributed by atoms with E-state index in [0.29, 0.717) is 25.7 Å². The van der Waals surface area contributed by atoms with Gasteiger partial charge in [0.15, 0.2) is 0 Å². The molecule has 0 fully saturated rings. The van der Waals surface area contributed by atoms with Crippen molar-refractivity contribution in [3.8, 4) is 23.0 Å². The molecule has 4 aromatic carbocycles. The van der Waals surface area contributed by atoms with E-state index in [0.717, 1.165) is 45.3 Å². The normalized spacial score (nSPS) is 11.5. The van der Waals surface area contributed by atoms with E-state index < -0.39 is 7.32 Å². The van der Waals surface area contributed by atoms with Crippen LogP contribution in [0.1, 0.15) is 204 Å². The van der Waals surface area contributed by atoms with Crippen molar-refractivity contribution in [2.45, 2.75) is 220 Å². The lowest BCUT2D eigenvalue weighted by Gasteiger charge is -2.40. The maximum atomic E-state index is 11.1. The molecule has 0 bridgehead atoms. The topological polar surface area (TPSA) is 75.6 Å². The highest BCUT2D eigenvalue weighted by Gasteiger charge is 2.28. The molecule has 0 amide bonds. The second-order valence-electron chi connectivity index (χ2n) is 21.3. The number of nitrogens with zero attached hydrogens (tertiary/aromatic N) is 1. The third kappa shape index (κ3) is 29.9. The van der Waals surface area contributed by atoms with Crippen molar-refractivity contribution < 1.29 is 37.8 Å². The van der Waals surface area contributed by atoms with Crippen LogP contribution in [0.15, 0.2) is 97.1 Å². The Balaban J connectivity index is 0.000000409. The van der Waals surface area contributed by atoms with Gasteiger partial charge in [0.2, 0.25) is 0 Å². The minimum atomic E-state index is -1.42. The zero-order chi connectivity index (χ0) is 54.0. The molecule has 75 heavy (non-hydrogen) atoms. The molecular formula is C66H107BNO7+. The predicted octanol–water partition coefficient (Wildman–Crippen LogP) is 17.0. The lowest BCUT2D eigenvalue weighted by Crippen LogP contribution is -2.50. The Morgan fingerprint density at radius 1 is 0.320 bits per heavy atom. The van der Waals surface area contributed by atoms with E-state index in [1.165, 1.54) is 185 Å². The summed E-state index contributed by atoms with van der Waals surface area (Å²) < 4.78 is 35.1. The van der Waals surface area contributed by atoms with Gasteiger partial charge in [-0.15, -0.1) is 0 Å². The van der Waals surface area contributed by atoms with E-state index in [2.05, 4.69) is 27.7 Å². The Kier molecular flexibility index (Phi) is 36.6. The first kappa shape index (κ1) is 65.3. The highest BCUT2D eigenvalue weighted by molar-refractivity contribution is 6.34. The average molecular weight is 1040 g/mol. The van der Waals surface area contributed by atoms with Crippen LogP contribution < -0.4 is 18.9 Å². The summed E-state index contributed by atoms with van der Waals surface area (Å²) in [5.74, 6) is 3.15. The molecule has 4 aromatic rings. The molecule has 0 aliphatic rings. The lowest BCUT2D eigenvalue weighted by atomic mass is 9.98. The van der Waals surface area contributed by atoms with Gasteiger partial charge in [-0.25, -0.2) is 0 Å². The fourth-order valence-corrected chi connectivity index (χ4v) is 10.4. The van der Waals surface area contributed by atoms with Gasteiger partial charge < -0.3 is 37.8 Å². The van der Waals surface area contributed by atoms with Crippen molar-refractivity contribution in [2.75, 3.05) is 54.6 Å². The van der Waals surface area contributed by atoms with E-state index in [1.807, 2.05) is 97.1 Å². The lowest BCUT2D eigenvalue weighted by molar-refractivity contribution is -0.929. The molecule has 0 aliphatic heterocycles. The molecule has 0 radical (unpaired) electrons. The maximum absolute atomic E-state index is 11.1. The Morgan fingerprint density at radius 3 is 0.720 bits per heavy atom. The smallest absolute Gasteiger partial charge is 0.497 e. The largest absolute Gasteiger partial charge is 0.637 e. The van der Waals surface area contributed by atoms with Gasteiger partial charge in [0.25, 0.3) is 0 Å². The van der Waals surface area contributed by atoms with E-state index in [9.17, 15) is 5.02 Å². The van der Waals surface area contributed by atoms with E-state index >= 15 is 0 Å². The molecule has 0 aromatic heterocycles. The number of ether oxygens (including phenoxy) is 4. The third-order valence-electron chi connectivity index (χ3n) is 15.1. The zero-order valence-corrected chi connectivity index (χ0v) is 48.9. The summed E-state index contributed by atoms with van der Waals surface area (Å²) in [5.41, 5.74) is 4.26. The molecule has 0 saturated carbocycles. The Bertz CT molecular complexity index is 1640. The van der Waals surface area contributed by atoms with Crippen molar-refractivity contribution in [3.05, 3.63) is 119 Å². The van der Waals surface area contributed by atoms with Gasteiger partial charge in [-0.1, -0.05) is 179 Å². The van der Waals surface area contributed by atoms with Gasteiger partial charge in [-0.05, 0) is 148 Å². The summed E-state index contributed by atoms with van der Waals surface area (Å²) in [6.07, 6.45) is 36.4. The minimum absolute atomic E-state index is 0.343. The van der Waals surface area contributed by atoms with Crippen LogP contribution >= 0.6 is 0 Å². The van der Waals surface area contributed by atoms with Crippen molar-refractivity contribution >= 4 is 7.32 Å². The Labute approximate surface area is 459 Å². The molecule has 0 atom stereocenters. The first-order valence-electron chi connectivity index (χ1n) is 30.1. The van der Waals surface area contributed by atoms with Crippen LogP contribution in [0, 0.1) is 0 Å². The molecular weight excluding hydrogens is 930 g/mol. The highest BCUT2D eigenvalue weighted by atomic mass is 16.7. The number of hydrogen-bond donors (Lipinski definition) is 1. The van der Waals surface area contributed by atoms with E-state index in [1.54, 1.807) is 28.4 Å². The van der Waals surface area contributed by atoms with Crippen LogP contribution in [0.3, 0.4) is 0 Å². The summed E-state index contributed by atoms with van der Waals surface area (Å²) in [6.45, 7) is 15.3. The minimum Gasteiger partial charge on any atom is -0.497 e. The zero-order valence-electron chi connectivity index (χ0n) is 48.9. The highest BCUT2D eigenvalue weighted by Crippen LogP contribution is 2.24. The van der Waals surface area contributed by atoms with Gasteiger partial charge >= 0.3 is 7.32 Å². The molecule has 9 heteroatoms. The van der Waals surface area contributed by atoms with E-state index in [4.69, 9.17) is 28.3 Å². The van der Waals surface area contributed by atoms with Crippen LogP contribution in [0.4, 0.5) is 0 Å². The van der Waals surface area contributed by atoms with Crippen LogP contribution in [0.2, 0.25) is 0 Å². The average Bonchev–Trinajstić information content (AvgIpc) is 3.43. The molecule has 4 rings (SSSR count). The number of hydrogen-bond acceptors (Lipinski definition) is 7. The van der Waals surface area contributed by atoms with Crippen LogP contribution in [0.25, 0.3) is 0 Å². The molecule has 0 aliphatic carbocycles. The Morgan fingerprint density at radius 2 is 0.520 bits per heavy atom. The second-order valence-corrected chi connectivity index (χ2v) is 21.3. The summed E-state index contributed by atoms with van der Waals surface area (Å²) >= 11 is 0. The molecule has 0 heterocycles. The van der Waals surface area contributed by atoms with Crippen LogP contribution in [-0.2, 0) is 35.0 Å². The first-order chi connectivity index (χ1) is 36.7. The SMILES string of the molecule is CCCCCCCC[N+](CCCCCCCC)(CCCCCCCC)CCCCCCCC.COc1ccc(CC(Cc2ccc(OC)cc2)OB(O)OC(Cc2ccc(OC)cc2)Cc2ccc(OC)cc2)cc1. The predicted molar refractivity (Wildman–Crippen MR) is 318 cm³/mol. The van der Waals surface area contributed by atoms with Gasteiger partial charge in [-0.2, -0.15) is 0 Å². The van der Waals surface area contributed by atoms with Crippen LogP contribution in [-0.4, -0.2) is 83.7 Å². The van der Waals surface area contributed by atoms with Gasteiger partial charge in [0, 0.05) is 0 Å². The monoisotopic (exact) mass is 1040 g/mol. The van der Waals surface area contributed by atoms with Crippen LogP contribution in [0.5, 0.6) is 23.0 Å². The molecule has 0 saturated heterocycles. The van der Waals surface area contributed by atoms with Crippen molar-refractivity contribution in [1.29, 1.82) is 0 Å². The molecule has 8 nitrogen and oxygen atoms in total. The summed E-state index contributed by atoms with van der Waals surface area (Å²) in [4.78, 5) is 0. The van der Waals surface area contributed by atoms with Crippen molar-refractivity contribution in [2.24, 2.45) is 0 Å². The molecule has 0 unspecified atom stereocenters. The van der Waals surface area contributed by atoms with Gasteiger partial charge in [0.05, 0.1) is 66.8 Å². The van der Waals surface area contributed by atoms with E-state index in [-0.39, 0.29) is 12.2 Å². The third-order valence-corrected chi connectivity index (χ3v) is 15.1. The molecule has 0 spiro atoms. The number of quaternary nitrogens is 1.